The molecule has 0 atom stereocenters. The first-order valence-corrected chi connectivity index (χ1v) is 5.79. The van der Waals surface area contributed by atoms with Crippen LogP contribution in [0, 0.1) is 0 Å². The summed E-state index contributed by atoms with van der Waals surface area (Å²) in [4.78, 5) is 22.6. The van der Waals surface area contributed by atoms with Crippen LogP contribution in [-0.4, -0.2) is 29.8 Å². The summed E-state index contributed by atoms with van der Waals surface area (Å²) < 4.78 is 0. The first-order valence-electron chi connectivity index (χ1n) is 4.81. The van der Waals surface area contributed by atoms with Crippen LogP contribution in [0.3, 0.4) is 0 Å². The Morgan fingerprint density at radius 3 is 2.69 bits per heavy atom. The zero-order valence-electron chi connectivity index (χ0n) is 8.90. The van der Waals surface area contributed by atoms with Gasteiger partial charge in [0.15, 0.2) is 0 Å². The van der Waals surface area contributed by atoms with E-state index in [0.29, 0.717) is 17.1 Å². The highest BCUT2D eigenvalue weighted by Crippen LogP contribution is 2.23. The summed E-state index contributed by atoms with van der Waals surface area (Å²) in [5.74, 6) is -0.410. The van der Waals surface area contributed by atoms with Gasteiger partial charge in [0.05, 0.1) is 5.56 Å². The van der Waals surface area contributed by atoms with E-state index in [-0.39, 0.29) is 11.5 Å². The van der Waals surface area contributed by atoms with Crippen molar-refractivity contribution in [3.05, 3.63) is 29.8 Å². The minimum atomic E-state index is -0.942. The lowest BCUT2D eigenvalue weighted by molar-refractivity contribution is -0.120. The van der Waals surface area contributed by atoms with Crippen LogP contribution in [0.1, 0.15) is 16.8 Å². The molecule has 5 heteroatoms. The van der Waals surface area contributed by atoms with Crippen molar-refractivity contribution in [2.24, 2.45) is 0 Å². The lowest BCUT2D eigenvalue weighted by atomic mass is 10.2. The normalized spacial score (nSPS) is 9.81. The molecule has 1 amide bonds. The van der Waals surface area contributed by atoms with Crippen molar-refractivity contribution in [3.63, 3.8) is 0 Å². The van der Waals surface area contributed by atoms with Gasteiger partial charge in [-0.05, 0) is 12.1 Å². The largest absolute Gasteiger partial charge is 0.478 e. The molecule has 2 N–H and O–H groups in total. The maximum atomic E-state index is 11.0. The molecule has 1 rings (SSSR count). The van der Waals surface area contributed by atoms with Gasteiger partial charge in [-0.25, -0.2) is 4.79 Å². The maximum Gasteiger partial charge on any atom is 0.336 e. The predicted molar refractivity (Wildman–Crippen MR) is 62.8 cm³/mol. The maximum absolute atomic E-state index is 11.0. The van der Waals surface area contributed by atoms with E-state index in [2.05, 4.69) is 5.32 Å². The molecule has 0 unspecified atom stereocenters. The van der Waals surface area contributed by atoms with Crippen LogP contribution in [-0.2, 0) is 4.79 Å². The van der Waals surface area contributed by atoms with Crippen LogP contribution in [0.5, 0.6) is 0 Å². The molecule has 0 saturated heterocycles. The number of hydrogen-bond acceptors (Lipinski definition) is 3. The van der Waals surface area contributed by atoms with E-state index in [1.165, 1.54) is 11.8 Å². The SMILES string of the molecule is CNC(=O)CCSc1ccccc1C(=O)O. The Morgan fingerprint density at radius 2 is 2.06 bits per heavy atom. The highest BCUT2D eigenvalue weighted by Gasteiger charge is 2.09. The lowest BCUT2D eigenvalue weighted by Crippen LogP contribution is -2.17. The molecule has 0 radical (unpaired) electrons. The van der Waals surface area contributed by atoms with Gasteiger partial charge in [0.25, 0.3) is 0 Å². The summed E-state index contributed by atoms with van der Waals surface area (Å²) in [6.07, 6.45) is 0.384. The zero-order valence-corrected chi connectivity index (χ0v) is 9.71. The first kappa shape index (κ1) is 12.6. The molecular weight excluding hydrogens is 226 g/mol. The zero-order chi connectivity index (χ0) is 12.0. The second kappa shape index (κ2) is 6.17. The summed E-state index contributed by atoms with van der Waals surface area (Å²) in [5.41, 5.74) is 0.282. The molecule has 0 spiro atoms. The Kier molecular flexibility index (Phi) is 4.85. The van der Waals surface area contributed by atoms with Gasteiger partial charge < -0.3 is 10.4 Å². The standard InChI is InChI=1S/C11H13NO3S/c1-12-10(13)6-7-16-9-5-3-2-4-8(9)11(14)15/h2-5H,6-7H2,1H3,(H,12,13)(H,14,15). The Labute approximate surface area is 98.0 Å². The van der Waals surface area contributed by atoms with Gasteiger partial charge in [0.1, 0.15) is 0 Å². The van der Waals surface area contributed by atoms with E-state index in [1.807, 2.05) is 0 Å². The van der Waals surface area contributed by atoms with E-state index < -0.39 is 5.97 Å². The van der Waals surface area contributed by atoms with Crippen LogP contribution >= 0.6 is 11.8 Å². The molecule has 0 bridgehead atoms. The summed E-state index contributed by atoms with van der Waals surface area (Å²) in [5, 5.41) is 11.4. The summed E-state index contributed by atoms with van der Waals surface area (Å²) in [7, 11) is 1.58. The second-order valence-electron chi connectivity index (χ2n) is 3.07. The van der Waals surface area contributed by atoms with Gasteiger partial charge >= 0.3 is 5.97 Å². The quantitative estimate of drug-likeness (QED) is 0.766. The number of nitrogens with one attached hydrogen (secondary N) is 1. The second-order valence-corrected chi connectivity index (χ2v) is 4.21. The number of rotatable bonds is 5. The Morgan fingerprint density at radius 1 is 1.38 bits per heavy atom. The number of carbonyl (C=O) groups excluding carboxylic acids is 1. The number of carboxylic acids is 1. The Hall–Kier alpha value is -1.49. The van der Waals surface area contributed by atoms with Gasteiger partial charge in [0.2, 0.25) is 5.91 Å². The third-order valence-corrected chi connectivity index (χ3v) is 3.06. The Bertz CT molecular complexity index is 393. The number of amides is 1. The molecule has 1 aromatic rings. The number of benzene rings is 1. The van der Waals surface area contributed by atoms with E-state index >= 15 is 0 Å². The fourth-order valence-corrected chi connectivity index (χ4v) is 2.14. The van der Waals surface area contributed by atoms with Crippen LogP contribution in [0.2, 0.25) is 0 Å². The number of hydrogen-bond donors (Lipinski definition) is 2. The van der Waals surface area contributed by atoms with Crippen molar-refractivity contribution in [3.8, 4) is 0 Å². The molecule has 4 nitrogen and oxygen atoms in total. The van der Waals surface area contributed by atoms with Gasteiger partial charge in [0, 0.05) is 24.1 Å². The Balaban J connectivity index is 2.60. The van der Waals surface area contributed by atoms with Crippen LogP contribution < -0.4 is 5.32 Å². The molecule has 86 valence electrons. The van der Waals surface area contributed by atoms with Crippen LogP contribution in [0.4, 0.5) is 0 Å². The summed E-state index contributed by atoms with van der Waals surface area (Å²) in [6.45, 7) is 0. The average Bonchev–Trinajstić information content (AvgIpc) is 2.29. The fraction of sp³-hybridized carbons (Fsp3) is 0.273. The topological polar surface area (TPSA) is 66.4 Å². The van der Waals surface area contributed by atoms with E-state index in [9.17, 15) is 9.59 Å². The van der Waals surface area contributed by atoms with Crippen molar-refractivity contribution >= 4 is 23.6 Å². The van der Waals surface area contributed by atoms with Crippen molar-refractivity contribution in [2.45, 2.75) is 11.3 Å². The van der Waals surface area contributed by atoms with E-state index in [0.717, 1.165) is 0 Å². The molecule has 0 saturated carbocycles. The van der Waals surface area contributed by atoms with E-state index in [1.54, 1.807) is 31.3 Å². The molecule has 0 aromatic heterocycles. The van der Waals surface area contributed by atoms with Crippen molar-refractivity contribution in [1.29, 1.82) is 0 Å². The predicted octanol–water partition coefficient (Wildman–Crippen LogP) is 1.61. The third kappa shape index (κ3) is 3.58. The molecule has 0 fully saturated rings. The van der Waals surface area contributed by atoms with Gasteiger partial charge in [-0.2, -0.15) is 0 Å². The van der Waals surface area contributed by atoms with Crippen molar-refractivity contribution < 1.29 is 14.7 Å². The van der Waals surface area contributed by atoms with Crippen molar-refractivity contribution in [1.82, 2.24) is 5.32 Å². The van der Waals surface area contributed by atoms with Crippen LogP contribution in [0.15, 0.2) is 29.2 Å². The fourth-order valence-electron chi connectivity index (χ4n) is 1.15. The minimum Gasteiger partial charge on any atom is -0.478 e. The van der Waals surface area contributed by atoms with Gasteiger partial charge in [-0.15, -0.1) is 11.8 Å². The molecule has 0 heterocycles. The van der Waals surface area contributed by atoms with Crippen LogP contribution in [0.25, 0.3) is 0 Å². The number of carboxylic acid groups (broad SMARTS) is 1. The lowest BCUT2D eigenvalue weighted by Gasteiger charge is -2.04. The highest BCUT2D eigenvalue weighted by molar-refractivity contribution is 7.99. The molecule has 0 aliphatic carbocycles. The van der Waals surface area contributed by atoms with Gasteiger partial charge in [-0.3, -0.25) is 4.79 Å². The number of aromatic carboxylic acids is 1. The minimum absolute atomic E-state index is 0.0414. The number of thioether (sulfide) groups is 1. The van der Waals surface area contributed by atoms with E-state index in [4.69, 9.17) is 5.11 Å². The highest BCUT2D eigenvalue weighted by atomic mass is 32.2. The molecule has 1 aromatic carbocycles. The summed E-state index contributed by atoms with van der Waals surface area (Å²) in [6, 6.07) is 6.78. The summed E-state index contributed by atoms with van der Waals surface area (Å²) >= 11 is 1.38. The first-order chi connectivity index (χ1) is 7.65. The molecule has 0 aliphatic heterocycles. The monoisotopic (exact) mass is 239 g/mol. The third-order valence-electron chi connectivity index (χ3n) is 1.98. The number of carbonyl (C=O) groups is 2. The van der Waals surface area contributed by atoms with Gasteiger partial charge in [-0.1, -0.05) is 12.1 Å². The van der Waals surface area contributed by atoms with Crippen molar-refractivity contribution in [2.75, 3.05) is 12.8 Å². The molecule has 0 aliphatic rings. The smallest absolute Gasteiger partial charge is 0.336 e. The molecule has 16 heavy (non-hydrogen) atoms. The molecular formula is C11H13NO3S. The average molecular weight is 239 g/mol.